The monoisotopic (exact) mass is 231 g/mol. The van der Waals surface area contributed by atoms with E-state index in [1.54, 1.807) is 20.8 Å². The van der Waals surface area contributed by atoms with Crippen molar-refractivity contribution in [3.05, 3.63) is 0 Å². The smallest absolute Gasteiger partial charge is 0.408 e. The van der Waals surface area contributed by atoms with Gasteiger partial charge in [-0.3, -0.25) is 0 Å². The average molecular weight is 231 g/mol. The van der Waals surface area contributed by atoms with Crippen LogP contribution in [-0.4, -0.2) is 43.5 Å². The van der Waals surface area contributed by atoms with Gasteiger partial charge >= 0.3 is 12.1 Å². The van der Waals surface area contributed by atoms with Gasteiger partial charge in [-0.2, -0.15) is 0 Å². The third-order valence-corrected chi connectivity index (χ3v) is 1.96. The molecule has 0 radical (unpaired) electrons. The highest BCUT2D eigenvalue weighted by molar-refractivity contribution is 5.79. The van der Waals surface area contributed by atoms with Crippen LogP contribution < -0.4 is 5.32 Å². The molecule has 0 aliphatic carbocycles. The topological polar surface area (TPSA) is 73.9 Å². The number of ether oxygens (including phenoxy) is 3. The van der Waals surface area contributed by atoms with E-state index in [0.29, 0.717) is 0 Å². The van der Waals surface area contributed by atoms with E-state index in [2.05, 4.69) is 5.32 Å². The minimum absolute atomic E-state index is 0.108. The Bertz CT molecular complexity index is 283. The maximum absolute atomic E-state index is 11.4. The predicted octanol–water partition coefficient (Wildman–Crippen LogP) is 0.451. The van der Waals surface area contributed by atoms with Gasteiger partial charge in [0.1, 0.15) is 18.2 Å². The SMILES string of the molecule is CO[C@@H]1C(=O)OC[C@H]1NC(=O)OC(C)(C)C. The van der Waals surface area contributed by atoms with Crippen LogP contribution in [0, 0.1) is 0 Å². The summed E-state index contributed by atoms with van der Waals surface area (Å²) < 4.78 is 14.7. The van der Waals surface area contributed by atoms with E-state index >= 15 is 0 Å². The first-order valence-corrected chi connectivity index (χ1v) is 5.02. The van der Waals surface area contributed by atoms with Gasteiger partial charge in [0.2, 0.25) is 0 Å². The summed E-state index contributed by atoms with van der Waals surface area (Å²) in [7, 11) is 1.39. The first-order valence-electron chi connectivity index (χ1n) is 5.02. The highest BCUT2D eigenvalue weighted by Crippen LogP contribution is 2.12. The van der Waals surface area contributed by atoms with Gasteiger partial charge in [0.25, 0.3) is 0 Å². The normalized spacial score (nSPS) is 25.1. The van der Waals surface area contributed by atoms with Crippen molar-refractivity contribution >= 4 is 12.1 Å². The summed E-state index contributed by atoms with van der Waals surface area (Å²) in [5.41, 5.74) is -0.573. The van der Waals surface area contributed by atoms with Crippen LogP contribution in [0.5, 0.6) is 0 Å². The number of cyclic esters (lactones) is 1. The lowest BCUT2D eigenvalue weighted by Gasteiger charge is -2.22. The molecule has 0 spiro atoms. The van der Waals surface area contributed by atoms with E-state index in [9.17, 15) is 9.59 Å². The highest BCUT2D eigenvalue weighted by Gasteiger charge is 2.38. The molecule has 0 bridgehead atoms. The Balaban J connectivity index is 2.48. The Hall–Kier alpha value is -1.30. The third kappa shape index (κ3) is 3.37. The molecule has 16 heavy (non-hydrogen) atoms. The molecule has 6 heteroatoms. The van der Waals surface area contributed by atoms with Crippen molar-refractivity contribution in [2.45, 2.75) is 38.5 Å². The number of hydrogen-bond acceptors (Lipinski definition) is 5. The third-order valence-electron chi connectivity index (χ3n) is 1.96. The molecule has 0 saturated carbocycles. The van der Waals surface area contributed by atoms with Crippen molar-refractivity contribution in [3.63, 3.8) is 0 Å². The lowest BCUT2D eigenvalue weighted by molar-refractivity contribution is -0.146. The highest BCUT2D eigenvalue weighted by atomic mass is 16.6. The molecule has 1 fully saturated rings. The molecule has 2 atom stereocenters. The fraction of sp³-hybridized carbons (Fsp3) is 0.800. The van der Waals surface area contributed by atoms with Crippen LogP contribution >= 0.6 is 0 Å². The summed E-state index contributed by atoms with van der Waals surface area (Å²) >= 11 is 0. The fourth-order valence-electron chi connectivity index (χ4n) is 1.34. The van der Waals surface area contributed by atoms with Gasteiger partial charge in [0.15, 0.2) is 6.10 Å². The molecule has 1 heterocycles. The van der Waals surface area contributed by atoms with E-state index in [1.165, 1.54) is 7.11 Å². The van der Waals surface area contributed by atoms with Crippen LogP contribution in [0.25, 0.3) is 0 Å². The summed E-state index contributed by atoms with van der Waals surface area (Å²) in [6, 6.07) is -0.493. The molecule has 1 aliphatic heterocycles. The molecule has 0 aromatic rings. The second kappa shape index (κ2) is 4.69. The molecule has 1 rings (SSSR count). The Labute approximate surface area is 94.2 Å². The van der Waals surface area contributed by atoms with Crippen LogP contribution in [0.4, 0.5) is 4.79 Å². The molecule has 0 aromatic carbocycles. The summed E-state index contributed by atoms with van der Waals surface area (Å²) in [4.78, 5) is 22.6. The Morgan fingerprint density at radius 3 is 2.62 bits per heavy atom. The minimum atomic E-state index is -0.757. The van der Waals surface area contributed by atoms with Crippen molar-refractivity contribution in [2.24, 2.45) is 0 Å². The number of rotatable bonds is 2. The first-order chi connectivity index (χ1) is 7.33. The zero-order valence-electron chi connectivity index (χ0n) is 9.90. The molecule has 92 valence electrons. The van der Waals surface area contributed by atoms with Crippen LogP contribution in [0.2, 0.25) is 0 Å². The Kier molecular flexibility index (Phi) is 3.74. The summed E-state index contributed by atoms with van der Waals surface area (Å²) in [6.07, 6.45) is -1.34. The maximum Gasteiger partial charge on any atom is 0.408 e. The van der Waals surface area contributed by atoms with Gasteiger partial charge in [0, 0.05) is 7.11 Å². The second-order valence-corrected chi connectivity index (χ2v) is 4.54. The number of esters is 1. The zero-order valence-corrected chi connectivity index (χ0v) is 9.90. The lowest BCUT2D eigenvalue weighted by Crippen LogP contribution is -2.46. The van der Waals surface area contributed by atoms with Gasteiger partial charge in [-0.25, -0.2) is 9.59 Å². The van der Waals surface area contributed by atoms with Crippen LogP contribution in [-0.2, 0) is 19.0 Å². The van der Waals surface area contributed by atoms with E-state index in [4.69, 9.17) is 14.2 Å². The van der Waals surface area contributed by atoms with E-state index < -0.39 is 29.8 Å². The van der Waals surface area contributed by atoms with Crippen molar-refractivity contribution in [2.75, 3.05) is 13.7 Å². The van der Waals surface area contributed by atoms with Crippen molar-refractivity contribution in [1.29, 1.82) is 0 Å². The molecule has 1 saturated heterocycles. The molecule has 1 amide bonds. The molecule has 1 aliphatic rings. The molecule has 1 N–H and O–H groups in total. The summed E-state index contributed by atoms with van der Waals surface area (Å²) in [6.45, 7) is 5.39. The summed E-state index contributed by atoms with van der Waals surface area (Å²) in [5.74, 6) is -0.469. The zero-order chi connectivity index (χ0) is 12.3. The number of nitrogens with one attached hydrogen (secondary N) is 1. The van der Waals surface area contributed by atoms with Crippen molar-refractivity contribution < 1.29 is 23.8 Å². The van der Waals surface area contributed by atoms with Crippen LogP contribution in [0.1, 0.15) is 20.8 Å². The number of carbonyl (C=O) groups excluding carboxylic acids is 2. The number of carbonyl (C=O) groups is 2. The number of amides is 1. The van der Waals surface area contributed by atoms with Gasteiger partial charge in [-0.05, 0) is 20.8 Å². The number of methoxy groups -OCH3 is 1. The van der Waals surface area contributed by atoms with Crippen LogP contribution in [0.15, 0.2) is 0 Å². The van der Waals surface area contributed by atoms with E-state index in [1.807, 2.05) is 0 Å². The van der Waals surface area contributed by atoms with Gasteiger partial charge in [0.05, 0.1) is 0 Å². The molecule has 6 nitrogen and oxygen atoms in total. The average Bonchev–Trinajstić information content (AvgIpc) is 2.43. The molecular formula is C10H17NO5. The van der Waals surface area contributed by atoms with Gasteiger partial charge in [-0.1, -0.05) is 0 Å². The predicted molar refractivity (Wildman–Crippen MR) is 54.9 cm³/mol. The van der Waals surface area contributed by atoms with E-state index in [-0.39, 0.29) is 6.61 Å². The first kappa shape index (κ1) is 12.8. The van der Waals surface area contributed by atoms with Crippen LogP contribution in [0.3, 0.4) is 0 Å². The Morgan fingerprint density at radius 1 is 1.50 bits per heavy atom. The van der Waals surface area contributed by atoms with Gasteiger partial charge in [-0.15, -0.1) is 0 Å². The second-order valence-electron chi connectivity index (χ2n) is 4.54. The number of alkyl carbamates (subject to hydrolysis) is 1. The minimum Gasteiger partial charge on any atom is -0.461 e. The lowest BCUT2D eigenvalue weighted by atomic mass is 10.2. The molecular weight excluding hydrogens is 214 g/mol. The van der Waals surface area contributed by atoms with Crippen molar-refractivity contribution in [1.82, 2.24) is 5.32 Å². The molecule has 0 unspecified atom stereocenters. The largest absolute Gasteiger partial charge is 0.461 e. The van der Waals surface area contributed by atoms with Gasteiger partial charge < -0.3 is 19.5 Å². The standard InChI is InChI=1S/C10H17NO5/c1-10(2,3)16-9(13)11-6-5-15-8(12)7(6)14-4/h6-7H,5H2,1-4H3,(H,11,13)/t6-,7+/m1/s1. The van der Waals surface area contributed by atoms with E-state index in [0.717, 1.165) is 0 Å². The number of hydrogen-bond donors (Lipinski definition) is 1. The summed E-state index contributed by atoms with van der Waals surface area (Å²) in [5, 5.41) is 2.53. The Morgan fingerprint density at radius 2 is 2.12 bits per heavy atom. The van der Waals surface area contributed by atoms with Crippen molar-refractivity contribution in [3.8, 4) is 0 Å². The maximum atomic E-state index is 11.4. The quantitative estimate of drug-likeness (QED) is 0.698. The fourth-order valence-corrected chi connectivity index (χ4v) is 1.34. The molecule has 0 aromatic heterocycles.